The van der Waals surface area contributed by atoms with Crippen LogP contribution in [0.25, 0.3) is 0 Å². The Morgan fingerprint density at radius 3 is 2.38 bits per heavy atom. The van der Waals surface area contributed by atoms with Crippen LogP contribution >= 0.6 is 0 Å². The molecule has 1 unspecified atom stereocenters. The van der Waals surface area contributed by atoms with Gasteiger partial charge in [0.1, 0.15) is 0 Å². The van der Waals surface area contributed by atoms with Gasteiger partial charge in [0.05, 0.1) is 5.92 Å². The van der Waals surface area contributed by atoms with Crippen LogP contribution in [0.15, 0.2) is 67.1 Å². The molecule has 21 heavy (non-hydrogen) atoms. The molecule has 2 N–H and O–H groups in total. The highest BCUT2D eigenvalue weighted by atomic mass is 14.9. The smallest absolute Gasteiger partial charge is 0.0635 e. The molecule has 0 aliphatic rings. The highest BCUT2D eigenvalue weighted by molar-refractivity contribution is 5.38. The van der Waals surface area contributed by atoms with Crippen LogP contribution in [0.1, 0.15) is 43.5 Å². The van der Waals surface area contributed by atoms with Crippen LogP contribution in [0.4, 0.5) is 0 Å². The standard InChI is InChI=1S/C17H20N2.C2H6/c1-4-11-18-14(3)17(16-6-5-12-19-16)15-9-7-13(2)8-10-15;1-2/h4-12,17-19H,3H2,1-2H3;1-2H3/b11-4-;. The van der Waals surface area contributed by atoms with Crippen LogP contribution in [-0.2, 0) is 0 Å². The number of aromatic amines is 1. The molecule has 0 saturated carbocycles. The Kier molecular flexibility index (Phi) is 7.10. The van der Waals surface area contributed by atoms with Crippen LogP contribution in [0.2, 0.25) is 0 Å². The van der Waals surface area contributed by atoms with Gasteiger partial charge in [0, 0.05) is 17.6 Å². The first-order valence-electron chi connectivity index (χ1n) is 7.48. The highest BCUT2D eigenvalue weighted by Crippen LogP contribution is 2.28. The molecule has 2 aromatic rings. The summed E-state index contributed by atoms with van der Waals surface area (Å²) in [5.74, 6) is 0.131. The predicted molar refractivity (Wildman–Crippen MR) is 92.3 cm³/mol. The van der Waals surface area contributed by atoms with Crippen molar-refractivity contribution >= 4 is 0 Å². The maximum absolute atomic E-state index is 4.16. The lowest BCUT2D eigenvalue weighted by atomic mass is 9.92. The first kappa shape index (κ1) is 16.8. The molecule has 0 aliphatic heterocycles. The first-order valence-corrected chi connectivity index (χ1v) is 7.48. The van der Waals surface area contributed by atoms with Crippen molar-refractivity contribution in [1.29, 1.82) is 0 Å². The largest absolute Gasteiger partial charge is 0.365 e. The van der Waals surface area contributed by atoms with Crippen LogP contribution in [-0.4, -0.2) is 4.98 Å². The molecule has 0 radical (unpaired) electrons. The second-order valence-electron chi connectivity index (χ2n) is 4.64. The molecule has 2 heteroatoms. The molecule has 0 spiro atoms. The van der Waals surface area contributed by atoms with E-state index in [0.717, 1.165) is 11.4 Å². The summed E-state index contributed by atoms with van der Waals surface area (Å²) in [7, 11) is 0. The summed E-state index contributed by atoms with van der Waals surface area (Å²) < 4.78 is 0. The van der Waals surface area contributed by atoms with Gasteiger partial charge in [-0.3, -0.25) is 0 Å². The number of hydrogen-bond acceptors (Lipinski definition) is 1. The van der Waals surface area contributed by atoms with E-state index in [0.29, 0.717) is 0 Å². The minimum atomic E-state index is 0.131. The molecule has 2 nitrogen and oxygen atoms in total. The van der Waals surface area contributed by atoms with Crippen molar-refractivity contribution in [1.82, 2.24) is 10.3 Å². The van der Waals surface area contributed by atoms with E-state index in [1.165, 1.54) is 11.1 Å². The maximum Gasteiger partial charge on any atom is 0.0635 e. The zero-order chi connectivity index (χ0) is 15.7. The lowest BCUT2D eigenvalue weighted by Crippen LogP contribution is -2.14. The van der Waals surface area contributed by atoms with E-state index in [2.05, 4.69) is 54.1 Å². The molecule has 0 aliphatic carbocycles. The van der Waals surface area contributed by atoms with Crippen LogP contribution < -0.4 is 5.32 Å². The number of aromatic nitrogens is 1. The Balaban J connectivity index is 0.00000106. The van der Waals surface area contributed by atoms with E-state index in [9.17, 15) is 0 Å². The summed E-state index contributed by atoms with van der Waals surface area (Å²) in [6.45, 7) is 12.2. The van der Waals surface area contributed by atoms with Crippen molar-refractivity contribution in [3.8, 4) is 0 Å². The topological polar surface area (TPSA) is 27.8 Å². The molecule has 1 aromatic carbocycles. The molecule has 0 amide bonds. The Bertz CT molecular complexity index is 548. The minimum Gasteiger partial charge on any atom is -0.365 e. The second-order valence-corrected chi connectivity index (χ2v) is 4.64. The van der Waals surface area contributed by atoms with Gasteiger partial charge in [-0.2, -0.15) is 0 Å². The Morgan fingerprint density at radius 1 is 1.19 bits per heavy atom. The molecule has 1 heterocycles. The Hall–Kier alpha value is -2.22. The minimum absolute atomic E-state index is 0.131. The average molecular weight is 282 g/mol. The molecule has 1 aromatic heterocycles. The zero-order valence-corrected chi connectivity index (χ0v) is 13.5. The van der Waals surface area contributed by atoms with E-state index >= 15 is 0 Å². The second kappa shape index (κ2) is 8.85. The SMILES string of the molecule is C=C(N/C=C\C)C(c1ccc(C)cc1)c1ccc[nH]1.CC. The van der Waals surface area contributed by atoms with Crippen molar-refractivity contribution in [3.63, 3.8) is 0 Å². The van der Waals surface area contributed by atoms with E-state index in [1.54, 1.807) is 0 Å². The highest BCUT2D eigenvalue weighted by Gasteiger charge is 2.17. The monoisotopic (exact) mass is 282 g/mol. The van der Waals surface area contributed by atoms with Gasteiger partial charge in [-0.15, -0.1) is 0 Å². The fraction of sp³-hybridized carbons (Fsp3) is 0.263. The van der Waals surface area contributed by atoms with Gasteiger partial charge in [0.15, 0.2) is 0 Å². The van der Waals surface area contributed by atoms with Gasteiger partial charge >= 0.3 is 0 Å². The van der Waals surface area contributed by atoms with E-state index in [1.807, 2.05) is 45.3 Å². The molecular formula is C19H26N2. The number of allylic oxidation sites excluding steroid dienone is 2. The number of H-pyrrole nitrogens is 1. The Labute approximate surface area is 128 Å². The van der Waals surface area contributed by atoms with Gasteiger partial charge < -0.3 is 10.3 Å². The number of benzene rings is 1. The van der Waals surface area contributed by atoms with Gasteiger partial charge in [-0.1, -0.05) is 56.3 Å². The van der Waals surface area contributed by atoms with Gasteiger partial charge in [-0.25, -0.2) is 0 Å². The quantitative estimate of drug-likeness (QED) is 0.783. The van der Waals surface area contributed by atoms with Crippen molar-refractivity contribution in [2.24, 2.45) is 0 Å². The number of rotatable bonds is 5. The normalized spacial score (nSPS) is 11.6. The van der Waals surface area contributed by atoms with Gasteiger partial charge in [0.2, 0.25) is 0 Å². The zero-order valence-electron chi connectivity index (χ0n) is 13.5. The molecule has 0 saturated heterocycles. The third kappa shape index (κ3) is 4.67. The van der Waals surface area contributed by atoms with Crippen LogP contribution in [0.5, 0.6) is 0 Å². The molecule has 112 valence electrons. The third-order valence-corrected chi connectivity index (χ3v) is 3.13. The number of nitrogens with one attached hydrogen (secondary N) is 2. The first-order chi connectivity index (χ1) is 10.2. The molecular weight excluding hydrogens is 256 g/mol. The molecule has 0 bridgehead atoms. The van der Waals surface area contributed by atoms with E-state index in [-0.39, 0.29) is 5.92 Å². The maximum atomic E-state index is 4.16. The van der Waals surface area contributed by atoms with E-state index < -0.39 is 0 Å². The van der Waals surface area contributed by atoms with Crippen molar-refractivity contribution < 1.29 is 0 Å². The van der Waals surface area contributed by atoms with Crippen molar-refractivity contribution in [2.75, 3.05) is 0 Å². The predicted octanol–water partition coefficient (Wildman–Crippen LogP) is 5.12. The fourth-order valence-electron chi connectivity index (χ4n) is 2.12. The Morgan fingerprint density at radius 2 is 1.86 bits per heavy atom. The summed E-state index contributed by atoms with van der Waals surface area (Å²) in [6.07, 6.45) is 5.82. The summed E-state index contributed by atoms with van der Waals surface area (Å²) in [4.78, 5) is 3.28. The average Bonchev–Trinajstić information content (AvgIpc) is 3.03. The fourth-order valence-corrected chi connectivity index (χ4v) is 2.12. The summed E-state index contributed by atoms with van der Waals surface area (Å²) >= 11 is 0. The lowest BCUT2D eigenvalue weighted by Gasteiger charge is -2.19. The molecule has 1 atom stereocenters. The van der Waals surface area contributed by atoms with Crippen LogP contribution in [0, 0.1) is 6.92 Å². The number of aryl methyl sites for hydroxylation is 1. The molecule has 0 fully saturated rings. The number of hydrogen-bond donors (Lipinski definition) is 2. The lowest BCUT2D eigenvalue weighted by molar-refractivity contribution is 0.836. The van der Waals surface area contributed by atoms with Gasteiger partial charge in [0.25, 0.3) is 0 Å². The van der Waals surface area contributed by atoms with Crippen molar-refractivity contribution in [3.05, 3.63) is 84.0 Å². The van der Waals surface area contributed by atoms with Crippen LogP contribution in [0.3, 0.4) is 0 Å². The summed E-state index contributed by atoms with van der Waals surface area (Å²) in [5.41, 5.74) is 4.60. The van der Waals surface area contributed by atoms with Gasteiger partial charge in [-0.05, 0) is 37.7 Å². The molecule has 2 rings (SSSR count). The summed E-state index contributed by atoms with van der Waals surface area (Å²) in [6, 6.07) is 12.7. The van der Waals surface area contributed by atoms with Crippen molar-refractivity contribution in [2.45, 2.75) is 33.6 Å². The van der Waals surface area contributed by atoms with E-state index in [4.69, 9.17) is 0 Å². The third-order valence-electron chi connectivity index (χ3n) is 3.13. The summed E-state index contributed by atoms with van der Waals surface area (Å²) in [5, 5.41) is 3.24.